The predicted molar refractivity (Wildman–Crippen MR) is 73.7 cm³/mol. The van der Waals surface area contributed by atoms with Gasteiger partial charge in [-0.25, -0.2) is 4.39 Å². The average Bonchev–Trinajstić information content (AvgIpc) is 2.34. The highest BCUT2D eigenvalue weighted by Crippen LogP contribution is 2.33. The lowest BCUT2D eigenvalue weighted by molar-refractivity contribution is 0.137. The van der Waals surface area contributed by atoms with E-state index in [0.717, 1.165) is 12.8 Å². The Kier molecular flexibility index (Phi) is 4.88. The number of aliphatic hydroxyl groups is 1. The molecule has 1 fully saturated rings. The van der Waals surface area contributed by atoms with Crippen LogP contribution >= 0.6 is 27.7 Å². The lowest BCUT2D eigenvalue weighted by Gasteiger charge is -2.24. The molecule has 1 aliphatic rings. The zero-order chi connectivity index (χ0) is 12.3. The lowest BCUT2D eigenvalue weighted by Crippen LogP contribution is -2.14. The summed E-state index contributed by atoms with van der Waals surface area (Å²) in [5.41, 5.74) is 0.414. The van der Waals surface area contributed by atoms with Crippen LogP contribution < -0.4 is 0 Å². The fraction of sp³-hybridized carbons (Fsp3) is 0.538. The Hall–Kier alpha value is -0.0600. The molecule has 1 heterocycles. The summed E-state index contributed by atoms with van der Waals surface area (Å²) in [6.07, 6.45) is 2.27. The Morgan fingerprint density at radius 3 is 2.82 bits per heavy atom. The van der Waals surface area contributed by atoms with Crippen molar-refractivity contribution in [1.82, 2.24) is 0 Å². The number of hydrogen-bond donors (Lipinski definition) is 1. The predicted octanol–water partition coefficient (Wildman–Crippen LogP) is 4.15. The number of halogens is 2. The van der Waals surface area contributed by atoms with E-state index in [-0.39, 0.29) is 5.82 Å². The molecule has 0 aromatic heterocycles. The molecule has 0 spiro atoms. The van der Waals surface area contributed by atoms with Crippen molar-refractivity contribution in [3.05, 3.63) is 34.1 Å². The summed E-state index contributed by atoms with van der Waals surface area (Å²) in [5.74, 6) is 2.53. The molecular formula is C13H16BrFOS. The first-order valence-corrected chi connectivity index (χ1v) is 7.83. The molecule has 94 valence electrons. The number of rotatable bonds is 3. The first kappa shape index (κ1) is 13.4. The van der Waals surface area contributed by atoms with E-state index < -0.39 is 6.10 Å². The topological polar surface area (TPSA) is 20.2 Å². The summed E-state index contributed by atoms with van der Waals surface area (Å²) in [5, 5.41) is 10.1. The minimum Gasteiger partial charge on any atom is -0.388 e. The third-order valence-electron chi connectivity index (χ3n) is 3.24. The van der Waals surface area contributed by atoms with E-state index in [9.17, 15) is 9.50 Å². The Labute approximate surface area is 114 Å². The summed E-state index contributed by atoms with van der Waals surface area (Å²) in [4.78, 5) is 0. The van der Waals surface area contributed by atoms with Gasteiger partial charge in [0.15, 0.2) is 0 Å². The van der Waals surface area contributed by atoms with Crippen LogP contribution in [0.5, 0.6) is 0 Å². The van der Waals surface area contributed by atoms with E-state index in [4.69, 9.17) is 0 Å². The van der Waals surface area contributed by atoms with Gasteiger partial charge < -0.3 is 5.11 Å². The average molecular weight is 319 g/mol. The van der Waals surface area contributed by atoms with Crippen LogP contribution in [0.4, 0.5) is 4.39 Å². The van der Waals surface area contributed by atoms with E-state index in [0.29, 0.717) is 22.4 Å². The van der Waals surface area contributed by atoms with E-state index in [2.05, 4.69) is 15.9 Å². The Balaban J connectivity index is 2.03. The van der Waals surface area contributed by atoms with Crippen LogP contribution in [0, 0.1) is 11.7 Å². The smallest absolute Gasteiger partial charge is 0.143 e. The highest BCUT2D eigenvalue weighted by atomic mass is 79.9. The maximum Gasteiger partial charge on any atom is 0.143 e. The van der Waals surface area contributed by atoms with Gasteiger partial charge in [0.05, 0.1) is 10.6 Å². The maximum absolute atomic E-state index is 13.8. The van der Waals surface area contributed by atoms with Crippen molar-refractivity contribution in [2.75, 3.05) is 11.5 Å². The number of aliphatic hydroxyl groups excluding tert-OH is 1. The molecule has 0 bridgehead atoms. The number of benzene rings is 1. The van der Waals surface area contributed by atoms with Gasteiger partial charge in [-0.3, -0.25) is 0 Å². The lowest BCUT2D eigenvalue weighted by atomic mass is 9.92. The zero-order valence-electron chi connectivity index (χ0n) is 9.53. The van der Waals surface area contributed by atoms with E-state index in [1.807, 2.05) is 11.8 Å². The third-order valence-corrected chi connectivity index (χ3v) is 4.90. The molecule has 1 atom stereocenters. The molecule has 1 aromatic carbocycles. The molecule has 1 unspecified atom stereocenters. The van der Waals surface area contributed by atoms with Crippen molar-refractivity contribution >= 4 is 27.7 Å². The van der Waals surface area contributed by atoms with Crippen LogP contribution in [0.15, 0.2) is 22.7 Å². The van der Waals surface area contributed by atoms with Crippen molar-refractivity contribution < 1.29 is 9.50 Å². The number of hydrogen-bond acceptors (Lipinski definition) is 2. The second kappa shape index (κ2) is 6.21. The van der Waals surface area contributed by atoms with Crippen molar-refractivity contribution in [2.45, 2.75) is 25.4 Å². The zero-order valence-corrected chi connectivity index (χ0v) is 11.9. The molecule has 1 N–H and O–H groups in total. The monoisotopic (exact) mass is 318 g/mol. The molecule has 4 heteroatoms. The summed E-state index contributed by atoms with van der Waals surface area (Å²) >= 11 is 5.11. The fourth-order valence-electron chi connectivity index (χ4n) is 2.20. The minimum atomic E-state index is -0.680. The molecule has 0 saturated carbocycles. The first-order valence-electron chi connectivity index (χ1n) is 5.88. The Bertz CT molecular complexity index is 380. The summed E-state index contributed by atoms with van der Waals surface area (Å²) in [6, 6.07) is 5.09. The van der Waals surface area contributed by atoms with Crippen LogP contribution in [0.2, 0.25) is 0 Å². The third kappa shape index (κ3) is 3.46. The van der Waals surface area contributed by atoms with Gasteiger partial charge >= 0.3 is 0 Å². The highest BCUT2D eigenvalue weighted by Gasteiger charge is 2.21. The van der Waals surface area contributed by atoms with Crippen molar-refractivity contribution in [3.8, 4) is 0 Å². The highest BCUT2D eigenvalue weighted by molar-refractivity contribution is 9.10. The molecular weight excluding hydrogens is 303 g/mol. The summed E-state index contributed by atoms with van der Waals surface area (Å²) in [7, 11) is 0. The molecule has 0 radical (unpaired) electrons. The van der Waals surface area contributed by atoms with Crippen LogP contribution in [-0.2, 0) is 0 Å². The molecule has 1 aromatic rings. The Morgan fingerprint density at radius 2 is 2.12 bits per heavy atom. The Morgan fingerprint density at radius 1 is 1.41 bits per heavy atom. The van der Waals surface area contributed by atoms with E-state index >= 15 is 0 Å². The fourth-order valence-corrected chi connectivity index (χ4v) is 3.79. The van der Waals surface area contributed by atoms with Crippen molar-refractivity contribution in [2.24, 2.45) is 5.92 Å². The van der Waals surface area contributed by atoms with Crippen LogP contribution in [0.25, 0.3) is 0 Å². The van der Waals surface area contributed by atoms with E-state index in [1.165, 1.54) is 11.5 Å². The van der Waals surface area contributed by atoms with Gasteiger partial charge in [-0.15, -0.1) is 0 Å². The second-order valence-electron chi connectivity index (χ2n) is 4.45. The van der Waals surface area contributed by atoms with Gasteiger partial charge in [0.1, 0.15) is 5.82 Å². The largest absolute Gasteiger partial charge is 0.388 e. The molecule has 0 aliphatic carbocycles. The molecule has 1 saturated heterocycles. The van der Waals surface area contributed by atoms with Crippen molar-refractivity contribution in [3.63, 3.8) is 0 Å². The minimum absolute atomic E-state index is 0.329. The standard InChI is InChI=1S/C13H16BrFOS/c14-11-3-1-2-10(13(11)15)12(16)8-9-4-6-17-7-5-9/h1-3,9,12,16H,4-8H2. The van der Waals surface area contributed by atoms with Gasteiger partial charge in [0.25, 0.3) is 0 Å². The molecule has 2 rings (SSSR count). The number of thioether (sulfide) groups is 1. The molecule has 17 heavy (non-hydrogen) atoms. The van der Waals surface area contributed by atoms with Gasteiger partial charge in [-0.1, -0.05) is 12.1 Å². The molecule has 1 aliphatic heterocycles. The van der Waals surface area contributed by atoms with Crippen LogP contribution in [-0.4, -0.2) is 16.6 Å². The van der Waals surface area contributed by atoms with E-state index in [1.54, 1.807) is 18.2 Å². The van der Waals surface area contributed by atoms with Gasteiger partial charge in [0, 0.05) is 5.56 Å². The quantitative estimate of drug-likeness (QED) is 0.903. The van der Waals surface area contributed by atoms with Gasteiger partial charge in [-0.05, 0) is 58.7 Å². The van der Waals surface area contributed by atoms with Crippen LogP contribution in [0.3, 0.4) is 0 Å². The summed E-state index contributed by atoms with van der Waals surface area (Å²) < 4.78 is 14.2. The first-order chi connectivity index (χ1) is 8.18. The van der Waals surface area contributed by atoms with Gasteiger partial charge in [-0.2, -0.15) is 11.8 Å². The van der Waals surface area contributed by atoms with Gasteiger partial charge in [0.2, 0.25) is 0 Å². The second-order valence-corrected chi connectivity index (χ2v) is 6.53. The van der Waals surface area contributed by atoms with Crippen LogP contribution in [0.1, 0.15) is 30.9 Å². The summed E-state index contributed by atoms with van der Waals surface area (Å²) in [6.45, 7) is 0. The molecule has 0 amide bonds. The van der Waals surface area contributed by atoms with Crippen molar-refractivity contribution in [1.29, 1.82) is 0 Å². The normalized spacial score (nSPS) is 19.2. The SMILES string of the molecule is OC(CC1CCSCC1)c1cccc(Br)c1F. The maximum atomic E-state index is 13.8. The molecule has 1 nitrogen and oxygen atoms in total.